The van der Waals surface area contributed by atoms with Crippen LogP contribution in [0.3, 0.4) is 0 Å². The Morgan fingerprint density at radius 2 is 1.83 bits per heavy atom. The first-order valence-corrected chi connectivity index (χ1v) is 8.31. The predicted molar refractivity (Wildman–Crippen MR) is 89.1 cm³/mol. The maximum Gasteiger partial charge on any atom is 0.254 e. The lowest BCUT2D eigenvalue weighted by molar-refractivity contribution is 0.0773. The van der Waals surface area contributed by atoms with Gasteiger partial charge in [0.05, 0.1) is 0 Å². The number of likely N-dealkylation sites (tertiary alicyclic amines) is 1. The van der Waals surface area contributed by atoms with Crippen LogP contribution in [0, 0.1) is 0 Å². The Morgan fingerprint density at radius 1 is 1.04 bits per heavy atom. The van der Waals surface area contributed by atoms with Crippen molar-refractivity contribution in [3.05, 3.63) is 65.5 Å². The molecule has 2 aliphatic heterocycles. The zero-order valence-electron chi connectivity index (χ0n) is 13.2. The minimum atomic E-state index is 0.132. The van der Waals surface area contributed by atoms with E-state index in [9.17, 15) is 4.79 Å². The quantitative estimate of drug-likeness (QED) is 0.854. The van der Waals surface area contributed by atoms with Crippen LogP contribution in [0.25, 0.3) is 0 Å². The minimum Gasteiger partial charge on any atom is -0.337 e. The Bertz CT molecular complexity index is 701. The molecule has 118 valence electrons. The molecule has 2 aromatic rings. The van der Waals surface area contributed by atoms with Gasteiger partial charge in [-0.05, 0) is 36.1 Å². The Labute approximate surface area is 136 Å². The Balaban J connectivity index is 1.42. The fraction of sp³-hybridized carbons (Fsp3) is 0.368. The molecule has 0 saturated carbocycles. The van der Waals surface area contributed by atoms with Crippen molar-refractivity contribution in [1.82, 2.24) is 14.8 Å². The first-order chi connectivity index (χ1) is 11.3. The Hall–Kier alpha value is -2.20. The van der Waals surface area contributed by atoms with E-state index in [1.54, 1.807) is 24.5 Å². The molecule has 2 aliphatic rings. The Kier molecular flexibility index (Phi) is 3.83. The van der Waals surface area contributed by atoms with Crippen molar-refractivity contribution < 1.29 is 4.79 Å². The fourth-order valence-corrected chi connectivity index (χ4v) is 3.73. The van der Waals surface area contributed by atoms with E-state index < -0.39 is 0 Å². The summed E-state index contributed by atoms with van der Waals surface area (Å²) in [6.07, 6.45) is 5.55. The number of carbonyl (C=O) groups is 1. The standard InChI is InChI=1S/C19H21N3O/c23-19(16-5-9-20-10-6-16)22-12-8-18(14-22)21-11-7-15-3-1-2-4-17(15)13-21/h1-6,9-10,18H,7-8,11-14H2/t18-/m1/s1. The average Bonchev–Trinajstić information content (AvgIpc) is 3.11. The van der Waals surface area contributed by atoms with Gasteiger partial charge in [0.15, 0.2) is 0 Å². The highest BCUT2D eigenvalue weighted by molar-refractivity contribution is 5.94. The van der Waals surface area contributed by atoms with Gasteiger partial charge in [0.25, 0.3) is 5.91 Å². The monoisotopic (exact) mass is 307 g/mol. The van der Waals surface area contributed by atoms with Gasteiger partial charge in [0.2, 0.25) is 0 Å². The largest absolute Gasteiger partial charge is 0.337 e. The van der Waals surface area contributed by atoms with Crippen LogP contribution < -0.4 is 0 Å². The molecule has 1 atom stereocenters. The average molecular weight is 307 g/mol. The maximum atomic E-state index is 12.6. The number of nitrogens with zero attached hydrogens (tertiary/aromatic N) is 3. The normalized spacial score (nSPS) is 21.2. The molecule has 4 nitrogen and oxygen atoms in total. The van der Waals surface area contributed by atoms with Crippen LogP contribution >= 0.6 is 0 Å². The van der Waals surface area contributed by atoms with Gasteiger partial charge in [-0.2, -0.15) is 0 Å². The molecule has 1 amide bonds. The predicted octanol–water partition coefficient (Wildman–Crippen LogP) is 2.35. The first-order valence-electron chi connectivity index (χ1n) is 8.31. The van der Waals surface area contributed by atoms with E-state index in [0.717, 1.165) is 44.6 Å². The van der Waals surface area contributed by atoms with E-state index in [1.807, 2.05) is 4.90 Å². The van der Waals surface area contributed by atoms with E-state index >= 15 is 0 Å². The summed E-state index contributed by atoms with van der Waals surface area (Å²) in [5.74, 6) is 0.132. The molecule has 0 spiro atoms. The fourth-order valence-electron chi connectivity index (χ4n) is 3.73. The maximum absolute atomic E-state index is 12.6. The van der Waals surface area contributed by atoms with Crippen molar-refractivity contribution in [2.45, 2.75) is 25.4 Å². The van der Waals surface area contributed by atoms with Gasteiger partial charge in [-0.3, -0.25) is 14.7 Å². The van der Waals surface area contributed by atoms with E-state index in [2.05, 4.69) is 34.1 Å². The molecule has 0 unspecified atom stereocenters. The molecule has 0 radical (unpaired) electrons. The molecule has 1 aromatic carbocycles. The molecule has 3 heterocycles. The van der Waals surface area contributed by atoms with Gasteiger partial charge in [-0.15, -0.1) is 0 Å². The van der Waals surface area contributed by atoms with E-state index in [-0.39, 0.29) is 5.91 Å². The van der Waals surface area contributed by atoms with Crippen LogP contribution in [-0.2, 0) is 13.0 Å². The molecule has 23 heavy (non-hydrogen) atoms. The third kappa shape index (κ3) is 2.86. The van der Waals surface area contributed by atoms with Crippen LogP contribution in [-0.4, -0.2) is 46.4 Å². The van der Waals surface area contributed by atoms with Crippen LogP contribution in [0.15, 0.2) is 48.8 Å². The number of fused-ring (bicyclic) bond motifs is 1. The molecule has 1 aromatic heterocycles. The van der Waals surface area contributed by atoms with E-state index in [1.165, 1.54) is 11.1 Å². The van der Waals surface area contributed by atoms with Crippen molar-refractivity contribution in [1.29, 1.82) is 0 Å². The van der Waals surface area contributed by atoms with Crippen LogP contribution in [0.5, 0.6) is 0 Å². The molecular formula is C19H21N3O. The minimum absolute atomic E-state index is 0.132. The number of aromatic nitrogens is 1. The van der Waals surface area contributed by atoms with Gasteiger partial charge < -0.3 is 4.90 Å². The SMILES string of the molecule is O=C(c1ccncc1)N1CC[C@@H](N2CCc3ccccc3C2)C1. The summed E-state index contributed by atoms with van der Waals surface area (Å²) in [7, 11) is 0. The summed E-state index contributed by atoms with van der Waals surface area (Å²) in [5, 5.41) is 0. The lowest BCUT2D eigenvalue weighted by atomic mass is 9.98. The summed E-state index contributed by atoms with van der Waals surface area (Å²) in [6.45, 7) is 3.80. The van der Waals surface area contributed by atoms with Gasteiger partial charge in [0.1, 0.15) is 0 Å². The van der Waals surface area contributed by atoms with Gasteiger partial charge in [-0.25, -0.2) is 0 Å². The smallest absolute Gasteiger partial charge is 0.254 e. The van der Waals surface area contributed by atoms with Crippen molar-refractivity contribution in [3.63, 3.8) is 0 Å². The van der Waals surface area contributed by atoms with Gasteiger partial charge in [0, 0.05) is 50.2 Å². The lowest BCUT2D eigenvalue weighted by Crippen LogP contribution is -2.41. The third-order valence-electron chi connectivity index (χ3n) is 5.05. The van der Waals surface area contributed by atoms with Crippen molar-refractivity contribution in [2.24, 2.45) is 0 Å². The molecule has 0 bridgehead atoms. The van der Waals surface area contributed by atoms with Crippen LogP contribution in [0.4, 0.5) is 0 Å². The summed E-state index contributed by atoms with van der Waals surface area (Å²) in [6, 6.07) is 12.8. The lowest BCUT2D eigenvalue weighted by Gasteiger charge is -2.33. The molecule has 0 N–H and O–H groups in total. The molecular weight excluding hydrogens is 286 g/mol. The van der Waals surface area contributed by atoms with Gasteiger partial charge >= 0.3 is 0 Å². The second-order valence-corrected chi connectivity index (χ2v) is 6.42. The number of benzene rings is 1. The van der Waals surface area contributed by atoms with Gasteiger partial charge in [-0.1, -0.05) is 24.3 Å². The molecule has 1 fully saturated rings. The molecule has 4 heteroatoms. The number of rotatable bonds is 2. The van der Waals surface area contributed by atoms with Crippen LogP contribution in [0.1, 0.15) is 27.9 Å². The topological polar surface area (TPSA) is 36.4 Å². The molecule has 4 rings (SSSR count). The van der Waals surface area contributed by atoms with Crippen molar-refractivity contribution >= 4 is 5.91 Å². The van der Waals surface area contributed by atoms with Crippen molar-refractivity contribution in [3.8, 4) is 0 Å². The number of hydrogen-bond donors (Lipinski definition) is 0. The summed E-state index contributed by atoms with van der Waals surface area (Å²) < 4.78 is 0. The first kappa shape index (κ1) is 14.4. The molecule has 0 aliphatic carbocycles. The van der Waals surface area contributed by atoms with Crippen LogP contribution in [0.2, 0.25) is 0 Å². The zero-order chi connectivity index (χ0) is 15.6. The molecule has 1 saturated heterocycles. The summed E-state index contributed by atoms with van der Waals surface area (Å²) in [4.78, 5) is 21.1. The van der Waals surface area contributed by atoms with E-state index in [4.69, 9.17) is 0 Å². The zero-order valence-corrected chi connectivity index (χ0v) is 13.2. The number of carbonyl (C=O) groups excluding carboxylic acids is 1. The highest BCUT2D eigenvalue weighted by Crippen LogP contribution is 2.25. The Morgan fingerprint density at radius 3 is 2.65 bits per heavy atom. The summed E-state index contributed by atoms with van der Waals surface area (Å²) in [5.41, 5.74) is 3.66. The second-order valence-electron chi connectivity index (χ2n) is 6.42. The third-order valence-corrected chi connectivity index (χ3v) is 5.05. The van der Waals surface area contributed by atoms with E-state index in [0.29, 0.717) is 6.04 Å². The summed E-state index contributed by atoms with van der Waals surface area (Å²) >= 11 is 0. The highest BCUT2D eigenvalue weighted by Gasteiger charge is 2.32. The van der Waals surface area contributed by atoms with Crippen molar-refractivity contribution in [2.75, 3.05) is 19.6 Å². The number of amides is 1. The number of pyridine rings is 1. The highest BCUT2D eigenvalue weighted by atomic mass is 16.2. The number of hydrogen-bond acceptors (Lipinski definition) is 3. The second kappa shape index (κ2) is 6.13.